The van der Waals surface area contributed by atoms with Crippen LogP contribution in [0.15, 0.2) is 16.7 Å². The normalized spacial score (nSPS) is 18.4. The molecular weight excluding hydrogens is 278 g/mol. The van der Waals surface area contributed by atoms with Crippen LogP contribution in [-0.2, 0) is 0 Å². The lowest BCUT2D eigenvalue weighted by Gasteiger charge is -2.18. The molecule has 1 aromatic carbocycles. The van der Waals surface area contributed by atoms with Crippen LogP contribution in [0, 0.1) is 13.8 Å². The molecule has 1 saturated heterocycles. The van der Waals surface area contributed by atoms with Gasteiger partial charge in [-0.05, 0) is 63.4 Å². The third-order valence-corrected chi connectivity index (χ3v) is 4.10. The molecule has 0 aliphatic carbocycles. The number of nitrogens with zero attached hydrogens (tertiary/aromatic N) is 2. The molecule has 5 heteroatoms. The average molecular weight is 301 g/mol. The van der Waals surface area contributed by atoms with Gasteiger partial charge in [0.1, 0.15) is 5.75 Å². The van der Waals surface area contributed by atoms with Gasteiger partial charge in [-0.15, -0.1) is 0 Å². The van der Waals surface area contributed by atoms with Crippen molar-refractivity contribution in [1.82, 2.24) is 15.5 Å². The molecule has 2 aromatic rings. The standard InChI is InChI=1S/C17H23N3O2/c1-4-21-15-11(2)8-14(9-12(15)3)16-19-17(22-20-16)13-6-5-7-18-10-13/h8-9,13,18H,4-7,10H2,1-3H3. The molecule has 1 atom stereocenters. The summed E-state index contributed by atoms with van der Waals surface area (Å²) in [5, 5.41) is 7.54. The van der Waals surface area contributed by atoms with E-state index in [1.807, 2.05) is 20.8 Å². The van der Waals surface area contributed by atoms with Crippen LogP contribution in [0.4, 0.5) is 0 Å². The van der Waals surface area contributed by atoms with Crippen molar-refractivity contribution in [2.75, 3.05) is 19.7 Å². The van der Waals surface area contributed by atoms with Gasteiger partial charge >= 0.3 is 0 Å². The summed E-state index contributed by atoms with van der Waals surface area (Å²) in [6, 6.07) is 4.12. The Bertz CT molecular complexity index is 622. The van der Waals surface area contributed by atoms with E-state index >= 15 is 0 Å². The molecule has 0 spiro atoms. The minimum atomic E-state index is 0.333. The topological polar surface area (TPSA) is 60.2 Å². The van der Waals surface area contributed by atoms with Crippen molar-refractivity contribution in [2.45, 2.75) is 39.5 Å². The Labute approximate surface area is 131 Å². The molecule has 1 aliphatic rings. The summed E-state index contributed by atoms with van der Waals surface area (Å²) in [5.41, 5.74) is 3.18. The van der Waals surface area contributed by atoms with Crippen molar-refractivity contribution in [2.24, 2.45) is 0 Å². The molecule has 3 rings (SSSR count). The molecule has 5 nitrogen and oxygen atoms in total. The van der Waals surface area contributed by atoms with Gasteiger partial charge in [-0.2, -0.15) is 4.98 Å². The SMILES string of the molecule is CCOc1c(C)cc(-c2noc(C3CCCNC3)n2)cc1C. The molecule has 1 N–H and O–H groups in total. The van der Waals surface area contributed by atoms with Gasteiger partial charge in [0.15, 0.2) is 0 Å². The molecule has 1 fully saturated rings. The molecule has 1 aliphatic heterocycles. The Kier molecular flexibility index (Phi) is 4.43. The van der Waals surface area contributed by atoms with Crippen LogP contribution in [0.2, 0.25) is 0 Å². The van der Waals surface area contributed by atoms with Crippen LogP contribution in [0.1, 0.15) is 42.7 Å². The van der Waals surface area contributed by atoms with Crippen LogP contribution in [0.3, 0.4) is 0 Å². The summed E-state index contributed by atoms with van der Waals surface area (Å²) < 4.78 is 11.2. The van der Waals surface area contributed by atoms with E-state index in [-0.39, 0.29) is 0 Å². The van der Waals surface area contributed by atoms with Crippen LogP contribution in [-0.4, -0.2) is 29.8 Å². The highest BCUT2D eigenvalue weighted by molar-refractivity contribution is 5.61. The van der Waals surface area contributed by atoms with E-state index in [2.05, 4.69) is 27.6 Å². The zero-order valence-electron chi connectivity index (χ0n) is 13.5. The quantitative estimate of drug-likeness (QED) is 0.939. The second-order valence-corrected chi connectivity index (χ2v) is 5.87. The number of nitrogens with one attached hydrogen (secondary N) is 1. The number of hydrogen-bond acceptors (Lipinski definition) is 5. The predicted octanol–water partition coefficient (Wildman–Crippen LogP) is 3.22. The van der Waals surface area contributed by atoms with Gasteiger partial charge in [0, 0.05) is 12.1 Å². The molecule has 22 heavy (non-hydrogen) atoms. The van der Waals surface area contributed by atoms with Gasteiger partial charge in [-0.25, -0.2) is 0 Å². The van der Waals surface area contributed by atoms with Crippen molar-refractivity contribution in [3.05, 3.63) is 29.2 Å². The molecular formula is C17H23N3O2. The highest BCUT2D eigenvalue weighted by Gasteiger charge is 2.22. The highest BCUT2D eigenvalue weighted by Crippen LogP contribution is 2.30. The van der Waals surface area contributed by atoms with E-state index in [9.17, 15) is 0 Å². The van der Waals surface area contributed by atoms with E-state index in [0.29, 0.717) is 18.3 Å². The van der Waals surface area contributed by atoms with Crippen LogP contribution in [0.25, 0.3) is 11.4 Å². The maximum absolute atomic E-state index is 5.69. The maximum Gasteiger partial charge on any atom is 0.231 e. The fourth-order valence-electron chi connectivity index (χ4n) is 3.03. The number of aromatic nitrogens is 2. The Balaban J connectivity index is 1.86. The Morgan fingerprint density at radius 2 is 2.09 bits per heavy atom. The Morgan fingerprint density at radius 3 is 2.73 bits per heavy atom. The second-order valence-electron chi connectivity index (χ2n) is 5.87. The zero-order chi connectivity index (χ0) is 15.5. The van der Waals surface area contributed by atoms with Crippen molar-refractivity contribution < 1.29 is 9.26 Å². The van der Waals surface area contributed by atoms with Crippen LogP contribution < -0.4 is 10.1 Å². The maximum atomic E-state index is 5.69. The van der Waals surface area contributed by atoms with Gasteiger partial charge in [0.25, 0.3) is 0 Å². The molecule has 1 aromatic heterocycles. The first kappa shape index (κ1) is 15.0. The minimum absolute atomic E-state index is 0.333. The second kappa shape index (κ2) is 6.48. The van der Waals surface area contributed by atoms with E-state index in [0.717, 1.165) is 54.3 Å². The lowest BCUT2D eigenvalue weighted by Crippen LogP contribution is -2.28. The molecule has 0 saturated carbocycles. The summed E-state index contributed by atoms with van der Waals surface area (Å²) in [4.78, 5) is 4.60. The van der Waals surface area contributed by atoms with Gasteiger partial charge in [-0.1, -0.05) is 5.16 Å². The first-order valence-corrected chi connectivity index (χ1v) is 7.97. The summed E-state index contributed by atoms with van der Waals surface area (Å²) in [6.45, 7) is 8.76. The van der Waals surface area contributed by atoms with Gasteiger partial charge in [0.2, 0.25) is 11.7 Å². The molecule has 0 bridgehead atoms. The van der Waals surface area contributed by atoms with E-state index in [4.69, 9.17) is 9.26 Å². The van der Waals surface area contributed by atoms with Crippen molar-refractivity contribution >= 4 is 0 Å². The molecule has 1 unspecified atom stereocenters. The van der Waals surface area contributed by atoms with Gasteiger partial charge in [-0.3, -0.25) is 0 Å². The third kappa shape index (κ3) is 2.99. The van der Waals surface area contributed by atoms with E-state index in [1.165, 1.54) is 0 Å². The fourth-order valence-corrected chi connectivity index (χ4v) is 3.03. The van der Waals surface area contributed by atoms with Gasteiger partial charge in [0.05, 0.1) is 12.5 Å². The van der Waals surface area contributed by atoms with E-state index < -0.39 is 0 Å². The average Bonchev–Trinajstić information content (AvgIpc) is 3.01. The first-order valence-electron chi connectivity index (χ1n) is 7.97. The summed E-state index contributed by atoms with van der Waals surface area (Å²) in [5.74, 6) is 2.69. The predicted molar refractivity (Wildman–Crippen MR) is 85.2 cm³/mol. The van der Waals surface area contributed by atoms with Crippen LogP contribution >= 0.6 is 0 Å². The summed E-state index contributed by atoms with van der Waals surface area (Å²) in [6.07, 6.45) is 2.26. The number of ether oxygens (including phenoxy) is 1. The molecule has 2 heterocycles. The minimum Gasteiger partial charge on any atom is -0.493 e. The fraction of sp³-hybridized carbons (Fsp3) is 0.529. The first-order chi connectivity index (χ1) is 10.7. The lowest BCUT2D eigenvalue weighted by atomic mass is 10.00. The highest BCUT2D eigenvalue weighted by atomic mass is 16.5. The Hall–Kier alpha value is -1.88. The number of benzene rings is 1. The van der Waals surface area contributed by atoms with Crippen molar-refractivity contribution in [1.29, 1.82) is 0 Å². The van der Waals surface area contributed by atoms with Crippen molar-refractivity contribution in [3.63, 3.8) is 0 Å². The van der Waals surface area contributed by atoms with Crippen molar-refractivity contribution in [3.8, 4) is 17.1 Å². The smallest absolute Gasteiger partial charge is 0.231 e. The third-order valence-electron chi connectivity index (χ3n) is 4.10. The summed E-state index contributed by atoms with van der Waals surface area (Å²) >= 11 is 0. The number of rotatable bonds is 4. The van der Waals surface area contributed by atoms with Crippen LogP contribution in [0.5, 0.6) is 5.75 Å². The molecule has 118 valence electrons. The zero-order valence-corrected chi connectivity index (χ0v) is 13.5. The molecule has 0 amide bonds. The summed E-state index contributed by atoms with van der Waals surface area (Å²) in [7, 11) is 0. The Morgan fingerprint density at radius 1 is 1.32 bits per heavy atom. The van der Waals surface area contributed by atoms with Gasteiger partial charge < -0.3 is 14.6 Å². The monoisotopic (exact) mass is 301 g/mol. The van der Waals surface area contributed by atoms with E-state index in [1.54, 1.807) is 0 Å². The molecule has 0 radical (unpaired) electrons. The largest absolute Gasteiger partial charge is 0.493 e. The lowest BCUT2D eigenvalue weighted by molar-refractivity contribution is 0.322. The number of piperidine rings is 1. The number of hydrogen-bond donors (Lipinski definition) is 1. The number of aryl methyl sites for hydroxylation is 2.